The molecule has 2 aromatic carbocycles. The summed E-state index contributed by atoms with van der Waals surface area (Å²) >= 11 is 0. The second kappa shape index (κ2) is 8.94. The van der Waals surface area contributed by atoms with Gasteiger partial charge in [0, 0.05) is 24.8 Å². The summed E-state index contributed by atoms with van der Waals surface area (Å²) in [5, 5.41) is 5.88. The number of carbonyl (C=O) groups is 2. The first kappa shape index (κ1) is 20.6. The van der Waals surface area contributed by atoms with Crippen molar-refractivity contribution in [2.24, 2.45) is 0 Å². The molecule has 1 heterocycles. The molecule has 0 radical (unpaired) electrons. The number of nitrogens with one attached hydrogen (secondary N) is 2. The van der Waals surface area contributed by atoms with Gasteiger partial charge in [-0.15, -0.1) is 0 Å². The van der Waals surface area contributed by atoms with Crippen LogP contribution in [0.15, 0.2) is 54.6 Å². The minimum Gasteiger partial charge on any atom is -0.478 e. The molecule has 0 atom stereocenters. The predicted molar refractivity (Wildman–Crippen MR) is 109 cm³/mol. The minimum atomic E-state index is -1.10. The number of anilines is 1. The van der Waals surface area contributed by atoms with Crippen molar-refractivity contribution in [3.05, 3.63) is 60.4 Å². The van der Waals surface area contributed by atoms with Crippen molar-refractivity contribution in [1.29, 1.82) is 0 Å². The third-order valence-corrected chi connectivity index (χ3v) is 4.88. The molecule has 2 N–H and O–H groups in total. The monoisotopic (exact) mass is 399 g/mol. The molecule has 3 amide bonds. The quantitative estimate of drug-likeness (QED) is 0.804. The molecule has 0 spiro atoms. The number of rotatable bonds is 5. The zero-order chi connectivity index (χ0) is 20.9. The summed E-state index contributed by atoms with van der Waals surface area (Å²) in [5.74, 6) is -0.171. The Balaban J connectivity index is 1.47. The van der Waals surface area contributed by atoms with Crippen LogP contribution in [0.1, 0.15) is 26.7 Å². The lowest BCUT2D eigenvalue weighted by Crippen LogP contribution is -2.53. The molecular weight excluding hydrogens is 373 g/mol. The van der Waals surface area contributed by atoms with Crippen LogP contribution in [0.3, 0.4) is 0 Å². The van der Waals surface area contributed by atoms with Crippen molar-refractivity contribution in [3.8, 4) is 5.75 Å². The molecule has 29 heavy (non-hydrogen) atoms. The molecule has 7 heteroatoms. The van der Waals surface area contributed by atoms with E-state index in [9.17, 15) is 14.0 Å². The van der Waals surface area contributed by atoms with E-state index < -0.39 is 5.60 Å². The number of halogens is 1. The molecular formula is C22H26FN3O3. The second-order valence-electron chi connectivity index (χ2n) is 7.60. The predicted octanol–water partition coefficient (Wildman–Crippen LogP) is 3.80. The third-order valence-electron chi connectivity index (χ3n) is 4.88. The summed E-state index contributed by atoms with van der Waals surface area (Å²) in [4.78, 5) is 26.8. The Morgan fingerprint density at radius 3 is 2.28 bits per heavy atom. The molecule has 1 fully saturated rings. The van der Waals surface area contributed by atoms with Crippen LogP contribution in [-0.2, 0) is 4.79 Å². The lowest BCUT2D eigenvalue weighted by molar-refractivity contribution is -0.135. The van der Waals surface area contributed by atoms with E-state index in [-0.39, 0.29) is 23.8 Å². The molecule has 6 nitrogen and oxygen atoms in total. The first-order chi connectivity index (χ1) is 13.8. The Labute approximate surface area is 170 Å². The molecule has 0 unspecified atom stereocenters. The fourth-order valence-corrected chi connectivity index (χ4v) is 3.15. The highest BCUT2D eigenvalue weighted by molar-refractivity contribution is 5.89. The molecule has 2 aromatic rings. The SMILES string of the molecule is CC(C)(Oc1ccc(F)cc1)C(=O)NC1CCN(C(=O)Nc2ccccc2)CC1. The van der Waals surface area contributed by atoms with Crippen molar-refractivity contribution in [2.45, 2.75) is 38.3 Å². The van der Waals surface area contributed by atoms with E-state index in [2.05, 4.69) is 10.6 Å². The number of amides is 3. The van der Waals surface area contributed by atoms with Crippen molar-refractivity contribution < 1.29 is 18.7 Å². The van der Waals surface area contributed by atoms with Gasteiger partial charge >= 0.3 is 6.03 Å². The lowest BCUT2D eigenvalue weighted by Gasteiger charge is -2.34. The van der Waals surface area contributed by atoms with E-state index in [4.69, 9.17) is 4.74 Å². The number of nitrogens with zero attached hydrogens (tertiary/aromatic N) is 1. The van der Waals surface area contributed by atoms with Crippen molar-refractivity contribution in [2.75, 3.05) is 18.4 Å². The number of piperidine rings is 1. The van der Waals surface area contributed by atoms with Gasteiger partial charge in [0.2, 0.25) is 0 Å². The number of benzene rings is 2. The number of hydrogen-bond acceptors (Lipinski definition) is 3. The van der Waals surface area contributed by atoms with Gasteiger partial charge in [-0.2, -0.15) is 0 Å². The van der Waals surface area contributed by atoms with E-state index in [0.29, 0.717) is 31.7 Å². The summed E-state index contributed by atoms with van der Waals surface area (Å²) in [6, 6.07) is 14.7. The van der Waals surface area contributed by atoms with Crippen LogP contribution in [0.4, 0.5) is 14.9 Å². The summed E-state index contributed by atoms with van der Waals surface area (Å²) in [6.07, 6.45) is 1.33. The van der Waals surface area contributed by atoms with Gasteiger partial charge in [-0.25, -0.2) is 9.18 Å². The first-order valence-corrected chi connectivity index (χ1v) is 9.70. The van der Waals surface area contributed by atoms with Crippen molar-refractivity contribution in [3.63, 3.8) is 0 Å². The van der Waals surface area contributed by atoms with Gasteiger partial charge in [0.1, 0.15) is 11.6 Å². The van der Waals surface area contributed by atoms with Gasteiger partial charge in [0.25, 0.3) is 5.91 Å². The van der Waals surface area contributed by atoms with E-state index in [1.807, 2.05) is 30.3 Å². The van der Waals surface area contributed by atoms with Crippen LogP contribution in [0, 0.1) is 5.82 Å². The van der Waals surface area contributed by atoms with Crippen LogP contribution in [0.2, 0.25) is 0 Å². The molecule has 1 aliphatic rings. The summed E-state index contributed by atoms with van der Waals surface area (Å²) in [6.45, 7) is 4.47. The van der Waals surface area contributed by atoms with Gasteiger partial charge in [-0.3, -0.25) is 4.79 Å². The highest BCUT2D eigenvalue weighted by Gasteiger charge is 2.33. The van der Waals surface area contributed by atoms with E-state index in [1.165, 1.54) is 24.3 Å². The molecule has 1 saturated heterocycles. The normalized spacial score (nSPS) is 14.9. The maximum Gasteiger partial charge on any atom is 0.321 e. The van der Waals surface area contributed by atoms with E-state index in [1.54, 1.807) is 18.7 Å². The van der Waals surface area contributed by atoms with Crippen LogP contribution in [-0.4, -0.2) is 41.6 Å². The maximum atomic E-state index is 13.0. The van der Waals surface area contributed by atoms with E-state index in [0.717, 1.165) is 5.69 Å². The Morgan fingerprint density at radius 1 is 1.03 bits per heavy atom. The largest absolute Gasteiger partial charge is 0.478 e. The number of para-hydroxylation sites is 1. The molecule has 0 aliphatic carbocycles. The number of hydrogen-bond donors (Lipinski definition) is 2. The zero-order valence-corrected chi connectivity index (χ0v) is 16.7. The Kier molecular flexibility index (Phi) is 6.36. The van der Waals surface area contributed by atoms with Crippen LogP contribution < -0.4 is 15.4 Å². The molecule has 3 rings (SSSR count). The van der Waals surface area contributed by atoms with Gasteiger partial charge in [-0.05, 0) is 63.1 Å². The molecule has 154 valence electrons. The van der Waals surface area contributed by atoms with Crippen LogP contribution >= 0.6 is 0 Å². The first-order valence-electron chi connectivity index (χ1n) is 9.70. The number of urea groups is 1. The number of carbonyl (C=O) groups excluding carboxylic acids is 2. The summed E-state index contributed by atoms with van der Waals surface area (Å²) < 4.78 is 18.8. The van der Waals surface area contributed by atoms with Gasteiger partial charge in [-0.1, -0.05) is 18.2 Å². The average Bonchev–Trinajstić information content (AvgIpc) is 2.71. The van der Waals surface area contributed by atoms with E-state index >= 15 is 0 Å². The van der Waals surface area contributed by atoms with Gasteiger partial charge < -0.3 is 20.3 Å². The van der Waals surface area contributed by atoms with Gasteiger partial charge in [0.05, 0.1) is 0 Å². The highest BCUT2D eigenvalue weighted by Crippen LogP contribution is 2.20. The smallest absolute Gasteiger partial charge is 0.321 e. The molecule has 0 saturated carbocycles. The van der Waals surface area contributed by atoms with Crippen LogP contribution in [0.5, 0.6) is 5.75 Å². The Morgan fingerprint density at radius 2 is 1.66 bits per heavy atom. The lowest BCUT2D eigenvalue weighted by atomic mass is 10.0. The zero-order valence-electron chi connectivity index (χ0n) is 16.7. The highest BCUT2D eigenvalue weighted by atomic mass is 19.1. The standard InChI is InChI=1S/C22H26FN3O3/c1-22(2,29-19-10-8-16(23)9-11-19)20(27)24-18-12-14-26(15-13-18)21(28)25-17-6-4-3-5-7-17/h3-11,18H,12-15H2,1-2H3,(H,24,27)(H,25,28). The number of ether oxygens (including phenoxy) is 1. The van der Waals surface area contributed by atoms with Crippen LogP contribution in [0.25, 0.3) is 0 Å². The fourth-order valence-electron chi connectivity index (χ4n) is 3.15. The molecule has 0 aromatic heterocycles. The van der Waals surface area contributed by atoms with Gasteiger partial charge in [0.15, 0.2) is 5.60 Å². The molecule has 1 aliphatic heterocycles. The fraction of sp³-hybridized carbons (Fsp3) is 0.364. The second-order valence-corrected chi connectivity index (χ2v) is 7.60. The minimum absolute atomic E-state index is 0.0284. The molecule has 0 bridgehead atoms. The topological polar surface area (TPSA) is 70.7 Å². The van der Waals surface area contributed by atoms with Crippen molar-refractivity contribution >= 4 is 17.6 Å². The summed E-state index contributed by atoms with van der Waals surface area (Å²) in [7, 11) is 0. The number of likely N-dealkylation sites (tertiary alicyclic amines) is 1. The Bertz CT molecular complexity index is 832. The summed E-state index contributed by atoms with van der Waals surface area (Å²) in [5.41, 5.74) is -0.341. The average molecular weight is 399 g/mol. The Hall–Kier alpha value is -3.09. The maximum absolute atomic E-state index is 13.0. The third kappa shape index (κ3) is 5.70. The van der Waals surface area contributed by atoms with Crippen molar-refractivity contribution in [1.82, 2.24) is 10.2 Å².